The topological polar surface area (TPSA) is 100 Å². The second-order valence-electron chi connectivity index (χ2n) is 6.16. The molecule has 1 N–H and O–H groups in total. The van der Waals surface area contributed by atoms with Crippen LogP contribution < -0.4 is 10.2 Å². The first-order valence-electron chi connectivity index (χ1n) is 8.37. The number of hydrogen-bond acceptors (Lipinski definition) is 7. The molecular weight excluding hydrogens is 414 g/mol. The molecule has 2 aromatic rings. The van der Waals surface area contributed by atoms with Crippen molar-refractivity contribution < 1.29 is 9.72 Å². The van der Waals surface area contributed by atoms with Crippen molar-refractivity contribution in [2.24, 2.45) is 10.2 Å². The minimum Gasteiger partial charge on any atom is -0.378 e. The molecule has 1 saturated heterocycles. The number of nitro benzene ring substituents is 1. The zero-order chi connectivity index (χ0) is 21.0. The Kier molecular flexibility index (Phi) is 6.30. The maximum Gasteiger partial charge on any atom is 0.270 e. The van der Waals surface area contributed by atoms with Crippen molar-refractivity contribution in [1.82, 2.24) is 5.32 Å². The molecule has 1 aliphatic rings. The second-order valence-corrected chi connectivity index (χ2v) is 7.60. The Morgan fingerprint density at radius 2 is 1.93 bits per heavy atom. The van der Waals surface area contributed by atoms with Crippen molar-refractivity contribution in [1.29, 1.82) is 0 Å². The van der Waals surface area contributed by atoms with Crippen LogP contribution >= 0.6 is 23.4 Å². The fourth-order valence-electron chi connectivity index (χ4n) is 2.38. The number of carbonyl (C=O) groups is 1. The Bertz CT molecular complexity index is 1050. The maximum atomic E-state index is 12.1. The molecule has 8 nitrogen and oxygen atoms in total. The molecule has 0 spiro atoms. The number of rotatable bonds is 5. The molecule has 10 heteroatoms. The van der Waals surface area contributed by atoms with Crippen molar-refractivity contribution in [3.05, 3.63) is 73.6 Å². The predicted molar refractivity (Wildman–Crippen MR) is 118 cm³/mol. The molecule has 0 aromatic heterocycles. The van der Waals surface area contributed by atoms with E-state index in [1.165, 1.54) is 24.3 Å². The largest absolute Gasteiger partial charge is 0.378 e. The van der Waals surface area contributed by atoms with Gasteiger partial charge in [-0.1, -0.05) is 23.7 Å². The van der Waals surface area contributed by atoms with Crippen LogP contribution in [0.4, 0.5) is 11.4 Å². The molecule has 0 radical (unpaired) electrons. The Balaban J connectivity index is 1.73. The number of carbonyl (C=O) groups excluding carboxylic acids is 1. The summed E-state index contributed by atoms with van der Waals surface area (Å²) in [6, 6.07) is 11.8. The highest BCUT2D eigenvalue weighted by Crippen LogP contribution is 2.30. The number of amidine groups is 1. The Morgan fingerprint density at radius 1 is 1.21 bits per heavy atom. The molecule has 0 unspecified atom stereocenters. The Labute approximate surface area is 176 Å². The molecule has 1 amide bonds. The van der Waals surface area contributed by atoms with Gasteiger partial charge in [-0.05, 0) is 41.6 Å². The van der Waals surface area contributed by atoms with Crippen molar-refractivity contribution in [2.75, 3.05) is 19.0 Å². The van der Waals surface area contributed by atoms with Crippen LogP contribution in [0.1, 0.15) is 11.1 Å². The average Bonchev–Trinajstić information content (AvgIpc) is 3.03. The zero-order valence-corrected chi connectivity index (χ0v) is 17.1. The number of amides is 1. The van der Waals surface area contributed by atoms with Gasteiger partial charge in [0.1, 0.15) is 0 Å². The van der Waals surface area contributed by atoms with Gasteiger partial charge in [0.25, 0.3) is 11.6 Å². The molecule has 3 rings (SSSR count). The first-order chi connectivity index (χ1) is 13.8. The van der Waals surface area contributed by atoms with Gasteiger partial charge in [-0.15, -0.1) is 5.10 Å². The van der Waals surface area contributed by atoms with E-state index in [0.29, 0.717) is 20.7 Å². The molecule has 1 aliphatic heterocycles. The van der Waals surface area contributed by atoms with Crippen LogP contribution in [-0.2, 0) is 4.79 Å². The lowest BCUT2D eigenvalue weighted by atomic mass is 10.2. The van der Waals surface area contributed by atoms with Crippen molar-refractivity contribution in [3.8, 4) is 0 Å². The highest BCUT2D eigenvalue weighted by molar-refractivity contribution is 8.18. The molecule has 0 saturated carbocycles. The molecule has 0 aliphatic carbocycles. The fourth-order valence-corrected chi connectivity index (χ4v) is 3.32. The van der Waals surface area contributed by atoms with Gasteiger partial charge < -0.3 is 4.90 Å². The minimum atomic E-state index is -0.521. The van der Waals surface area contributed by atoms with Crippen LogP contribution in [0.5, 0.6) is 0 Å². The lowest BCUT2D eigenvalue weighted by Crippen LogP contribution is -2.19. The van der Waals surface area contributed by atoms with Crippen LogP contribution in [0.3, 0.4) is 0 Å². The third-order valence-corrected chi connectivity index (χ3v) is 5.14. The van der Waals surface area contributed by atoms with Gasteiger partial charge in [0, 0.05) is 42.5 Å². The highest BCUT2D eigenvalue weighted by Gasteiger charge is 2.24. The number of benzene rings is 2. The van der Waals surface area contributed by atoms with Crippen molar-refractivity contribution >= 4 is 58.1 Å². The van der Waals surface area contributed by atoms with E-state index in [2.05, 4.69) is 15.5 Å². The zero-order valence-electron chi connectivity index (χ0n) is 15.5. The van der Waals surface area contributed by atoms with Gasteiger partial charge in [0.2, 0.25) is 0 Å². The van der Waals surface area contributed by atoms with E-state index in [-0.39, 0.29) is 11.6 Å². The summed E-state index contributed by atoms with van der Waals surface area (Å²) < 4.78 is 0. The lowest BCUT2D eigenvalue weighted by molar-refractivity contribution is -0.384. The number of halogens is 1. The van der Waals surface area contributed by atoms with E-state index in [1.807, 2.05) is 43.3 Å². The summed E-state index contributed by atoms with van der Waals surface area (Å²) in [5.74, 6) is -0.373. The number of anilines is 1. The van der Waals surface area contributed by atoms with Crippen LogP contribution in [0, 0.1) is 10.1 Å². The van der Waals surface area contributed by atoms with E-state index in [1.54, 1.807) is 6.21 Å². The fraction of sp³-hybridized carbons (Fsp3) is 0.105. The quantitative estimate of drug-likeness (QED) is 0.336. The summed E-state index contributed by atoms with van der Waals surface area (Å²) in [5, 5.41) is 22.2. The molecule has 1 fully saturated rings. The first kappa shape index (κ1) is 20.6. The number of non-ortho nitro benzene ring substituents is 1. The van der Waals surface area contributed by atoms with Crippen LogP contribution in [0.15, 0.2) is 57.6 Å². The van der Waals surface area contributed by atoms with Crippen molar-refractivity contribution in [2.45, 2.75) is 0 Å². The molecule has 1 heterocycles. The molecule has 0 bridgehead atoms. The third kappa shape index (κ3) is 5.21. The van der Waals surface area contributed by atoms with Gasteiger partial charge in [0.05, 0.1) is 16.0 Å². The monoisotopic (exact) mass is 429 g/mol. The smallest absolute Gasteiger partial charge is 0.270 e. The average molecular weight is 430 g/mol. The van der Waals surface area contributed by atoms with Crippen LogP contribution in [0.25, 0.3) is 6.08 Å². The highest BCUT2D eigenvalue weighted by atomic mass is 35.5. The van der Waals surface area contributed by atoms with E-state index >= 15 is 0 Å². The van der Waals surface area contributed by atoms with E-state index < -0.39 is 4.92 Å². The number of nitro groups is 1. The maximum absolute atomic E-state index is 12.1. The second kappa shape index (κ2) is 8.89. The summed E-state index contributed by atoms with van der Waals surface area (Å²) in [4.78, 5) is 24.9. The normalized spacial score (nSPS) is 16.6. The van der Waals surface area contributed by atoms with Gasteiger partial charge in [0.15, 0.2) is 5.17 Å². The van der Waals surface area contributed by atoms with Gasteiger partial charge in [-0.3, -0.25) is 20.2 Å². The SMILES string of the molecule is CN(C)c1ccc(C=NN=C2NC(=O)C(=Cc3cc([N+](=O)[O-])ccc3Cl)S2)cc1. The van der Waals surface area contributed by atoms with Crippen molar-refractivity contribution in [3.63, 3.8) is 0 Å². The van der Waals surface area contributed by atoms with E-state index in [0.717, 1.165) is 23.0 Å². The summed E-state index contributed by atoms with van der Waals surface area (Å²) in [6.45, 7) is 0. The molecule has 2 aromatic carbocycles. The third-order valence-electron chi connectivity index (χ3n) is 3.89. The van der Waals surface area contributed by atoms with Crippen LogP contribution in [0.2, 0.25) is 5.02 Å². The molecule has 148 valence electrons. The summed E-state index contributed by atoms with van der Waals surface area (Å²) in [7, 11) is 3.92. The lowest BCUT2D eigenvalue weighted by Gasteiger charge is -2.11. The molecular formula is C19H16ClN5O3S. The van der Waals surface area contributed by atoms with Gasteiger partial charge in [-0.25, -0.2) is 0 Å². The molecule has 0 atom stereocenters. The first-order valence-corrected chi connectivity index (χ1v) is 9.56. The van der Waals surface area contributed by atoms with E-state index in [4.69, 9.17) is 11.6 Å². The summed E-state index contributed by atoms with van der Waals surface area (Å²) >= 11 is 7.16. The summed E-state index contributed by atoms with van der Waals surface area (Å²) in [6.07, 6.45) is 3.07. The summed E-state index contributed by atoms with van der Waals surface area (Å²) in [5.41, 5.74) is 2.21. The standard InChI is InChI=1S/C19H16ClN5O3S/c1-24(2)14-5-3-12(4-6-14)11-21-23-19-22-18(26)17(29-19)10-13-9-15(25(27)28)7-8-16(13)20/h3-11H,1-2H3,(H,22,23,26). The van der Waals surface area contributed by atoms with Gasteiger partial charge >= 0.3 is 0 Å². The number of nitrogens with zero attached hydrogens (tertiary/aromatic N) is 4. The van der Waals surface area contributed by atoms with Gasteiger partial charge in [-0.2, -0.15) is 5.10 Å². The van der Waals surface area contributed by atoms with Crippen LogP contribution in [-0.4, -0.2) is 36.3 Å². The van der Waals surface area contributed by atoms with E-state index in [9.17, 15) is 14.9 Å². The number of hydrogen-bond donors (Lipinski definition) is 1. The Hall–Kier alpha value is -3.17. The number of thioether (sulfide) groups is 1. The Morgan fingerprint density at radius 3 is 2.59 bits per heavy atom. The molecule has 29 heavy (non-hydrogen) atoms. The predicted octanol–water partition coefficient (Wildman–Crippen LogP) is 3.91. The number of nitrogens with one attached hydrogen (secondary N) is 1. The minimum absolute atomic E-state index is 0.108.